The highest BCUT2D eigenvalue weighted by Gasteiger charge is 2.36. The van der Waals surface area contributed by atoms with E-state index < -0.39 is 24.1 Å². The maximum Gasteiger partial charge on any atom is 0.390 e. The SMILES string of the molecule is CC(C)(C)C(CC(F)(F)F)NN. The van der Waals surface area contributed by atoms with Gasteiger partial charge in [-0.2, -0.15) is 13.2 Å². The van der Waals surface area contributed by atoms with Gasteiger partial charge in [-0.15, -0.1) is 0 Å². The van der Waals surface area contributed by atoms with Gasteiger partial charge >= 0.3 is 6.18 Å². The molecular weight excluding hydrogens is 169 g/mol. The molecule has 0 fully saturated rings. The highest BCUT2D eigenvalue weighted by atomic mass is 19.4. The van der Waals surface area contributed by atoms with Crippen LogP contribution in [0.1, 0.15) is 27.2 Å². The summed E-state index contributed by atoms with van der Waals surface area (Å²) in [6.07, 6.45) is -5.06. The fourth-order valence-electron chi connectivity index (χ4n) is 0.847. The number of nitrogens with two attached hydrogens (primary N) is 1. The van der Waals surface area contributed by atoms with Gasteiger partial charge in [0.1, 0.15) is 0 Å². The van der Waals surface area contributed by atoms with Crippen molar-refractivity contribution in [3.63, 3.8) is 0 Å². The normalized spacial score (nSPS) is 16.2. The molecule has 1 atom stereocenters. The maximum absolute atomic E-state index is 11.9. The second-order valence-corrected chi connectivity index (χ2v) is 3.90. The van der Waals surface area contributed by atoms with E-state index in [1.807, 2.05) is 0 Å². The first kappa shape index (κ1) is 11.7. The lowest BCUT2D eigenvalue weighted by molar-refractivity contribution is -0.145. The lowest BCUT2D eigenvalue weighted by atomic mass is 9.85. The number of halogens is 3. The highest BCUT2D eigenvalue weighted by molar-refractivity contribution is 4.80. The first-order chi connectivity index (χ1) is 5.17. The van der Waals surface area contributed by atoms with Crippen molar-refractivity contribution in [1.82, 2.24) is 5.43 Å². The zero-order valence-corrected chi connectivity index (χ0v) is 7.50. The van der Waals surface area contributed by atoms with Gasteiger partial charge in [0.2, 0.25) is 0 Å². The summed E-state index contributed by atoms with van der Waals surface area (Å²) in [4.78, 5) is 0. The molecule has 0 aromatic heterocycles. The number of hydrazine groups is 1. The summed E-state index contributed by atoms with van der Waals surface area (Å²) in [7, 11) is 0. The van der Waals surface area contributed by atoms with Crippen LogP contribution in [0.4, 0.5) is 13.2 Å². The smallest absolute Gasteiger partial charge is 0.271 e. The summed E-state index contributed by atoms with van der Waals surface area (Å²) in [5, 5.41) is 0. The molecule has 0 saturated heterocycles. The maximum atomic E-state index is 11.9. The Kier molecular flexibility index (Phi) is 3.53. The second kappa shape index (κ2) is 3.62. The highest BCUT2D eigenvalue weighted by Crippen LogP contribution is 2.29. The summed E-state index contributed by atoms with van der Waals surface area (Å²) >= 11 is 0. The minimum Gasteiger partial charge on any atom is -0.271 e. The Morgan fingerprint density at radius 3 is 1.75 bits per heavy atom. The molecule has 5 heteroatoms. The molecule has 0 heterocycles. The summed E-state index contributed by atoms with van der Waals surface area (Å²) in [6.45, 7) is 5.13. The summed E-state index contributed by atoms with van der Waals surface area (Å²) in [5.41, 5.74) is 1.70. The molecule has 3 N–H and O–H groups in total. The molecule has 0 aromatic rings. The van der Waals surface area contributed by atoms with E-state index in [-0.39, 0.29) is 0 Å². The Morgan fingerprint density at radius 1 is 1.25 bits per heavy atom. The number of hydrogen-bond donors (Lipinski definition) is 2. The van der Waals surface area contributed by atoms with Gasteiger partial charge in [-0.1, -0.05) is 20.8 Å². The Bertz CT molecular complexity index is 137. The standard InChI is InChI=1S/C7H15F3N2/c1-6(2,3)5(12-11)4-7(8,9)10/h5,12H,4,11H2,1-3H3. The average Bonchev–Trinajstić information content (AvgIpc) is 1.78. The van der Waals surface area contributed by atoms with Gasteiger partial charge < -0.3 is 0 Å². The van der Waals surface area contributed by atoms with Crippen molar-refractivity contribution >= 4 is 0 Å². The molecule has 0 aliphatic rings. The molecular formula is C7H15F3N2. The Morgan fingerprint density at radius 2 is 1.67 bits per heavy atom. The molecule has 0 spiro atoms. The number of rotatable bonds is 2. The van der Waals surface area contributed by atoms with E-state index in [2.05, 4.69) is 5.43 Å². The fourth-order valence-corrected chi connectivity index (χ4v) is 0.847. The van der Waals surface area contributed by atoms with Gasteiger partial charge in [-0.3, -0.25) is 11.3 Å². The Labute approximate surface area is 70.3 Å². The van der Waals surface area contributed by atoms with Crippen LogP contribution >= 0.6 is 0 Å². The number of nitrogens with one attached hydrogen (secondary N) is 1. The van der Waals surface area contributed by atoms with Crippen LogP contribution in [0.2, 0.25) is 0 Å². The van der Waals surface area contributed by atoms with E-state index in [0.29, 0.717) is 0 Å². The molecule has 2 nitrogen and oxygen atoms in total. The van der Waals surface area contributed by atoms with Crippen molar-refractivity contribution in [2.75, 3.05) is 0 Å². The van der Waals surface area contributed by atoms with Crippen molar-refractivity contribution in [2.45, 2.75) is 39.4 Å². The number of hydrogen-bond acceptors (Lipinski definition) is 2. The zero-order valence-electron chi connectivity index (χ0n) is 7.50. The van der Waals surface area contributed by atoms with E-state index in [9.17, 15) is 13.2 Å². The van der Waals surface area contributed by atoms with Crippen LogP contribution < -0.4 is 11.3 Å². The van der Waals surface area contributed by atoms with Crippen molar-refractivity contribution in [2.24, 2.45) is 11.3 Å². The Hall–Kier alpha value is -0.290. The molecule has 1 unspecified atom stereocenters. The van der Waals surface area contributed by atoms with Gasteiger partial charge in [0.15, 0.2) is 0 Å². The molecule has 0 amide bonds. The van der Waals surface area contributed by atoms with Crippen LogP contribution in [-0.4, -0.2) is 12.2 Å². The van der Waals surface area contributed by atoms with Crippen LogP contribution in [0, 0.1) is 5.41 Å². The first-order valence-electron chi connectivity index (χ1n) is 3.69. The Balaban J connectivity index is 4.20. The van der Waals surface area contributed by atoms with Crippen LogP contribution in [0.3, 0.4) is 0 Å². The van der Waals surface area contributed by atoms with Crippen molar-refractivity contribution < 1.29 is 13.2 Å². The van der Waals surface area contributed by atoms with Crippen LogP contribution in [-0.2, 0) is 0 Å². The molecule has 0 aromatic carbocycles. The van der Waals surface area contributed by atoms with Gasteiger partial charge in [0.05, 0.1) is 6.42 Å². The van der Waals surface area contributed by atoms with E-state index in [1.165, 1.54) is 0 Å². The first-order valence-corrected chi connectivity index (χ1v) is 3.69. The third kappa shape index (κ3) is 4.56. The largest absolute Gasteiger partial charge is 0.390 e. The predicted octanol–water partition coefficient (Wildman–Crippen LogP) is 1.82. The van der Waals surface area contributed by atoms with Crippen molar-refractivity contribution in [3.05, 3.63) is 0 Å². The summed E-state index contributed by atoms with van der Waals surface area (Å²) in [6, 6.07) is -0.738. The topological polar surface area (TPSA) is 38.0 Å². The van der Waals surface area contributed by atoms with E-state index in [1.54, 1.807) is 20.8 Å². The summed E-state index contributed by atoms with van der Waals surface area (Å²) in [5.74, 6) is 5.02. The third-order valence-electron chi connectivity index (χ3n) is 1.68. The minimum absolute atomic E-state index is 0.482. The molecule has 74 valence electrons. The van der Waals surface area contributed by atoms with Gasteiger partial charge in [0.25, 0.3) is 0 Å². The zero-order chi connectivity index (χ0) is 9.99. The second-order valence-electron chi connectivity index (χ2n) is 3.90. The van der Waals surface area contributed by atoms with E-state index in [0.717, 1.165) is 0 Å². The van der Waals surface area contributed by atoms with Gasteiger partial charge in [0, 0.05) is 6.04 Å². The summed E-state index contributed by atoms with van der Waals surface area (Å²) < 4.78 is 35.8. The van der Waals surface area contributed by atoms with Gasteiger partial charge in [-0.25, -0.2) is 0 Å². The van der Waals surface area contributed by atoms with Crippen molar-refractivity contribution in [1.29, 1.82) is 0 Å². The molecule has 0 radical (unpaired) electrons. The molecule has 0 bridgehead atoms. The van der Waals surface area contributed by atoms with Crippen molar-refractivity contribution in [3.8, 4) is 0 Å². The average molecular weight is 184 g/mol. The third-order valence-corrected chi connectivity index (χ3v) is 1.68. The minimum atomic E-state index is -4.16. The van der Waals surface area contributed by atoms with E-state index in [4.69, 9.17) is 5.84 Å². The number of alkyl halides is 3. The van der Waals surface area contributed by atoms with Crippen LogP contribution in [0.5, 0.6) is 0 Å². The predicted molar refractivity (Wildman–Crippen MR) is 41.2 cm³/mol. The monoisotopic (exact) mass is 184 g/mol. The van der Waals surface area contributed by atoms with E-state index >= 15 is 0 Å². The molecule has 0 aliphatic carbocycles. The van der Waals surface area contributed by atoms with Gasteiger partial charge in [-0.05, 0) is 5.41 Å². The fraction of sp³-hybridized carbons (Fsp3) is 1.00. The molecule has 0 rings (SSSR count). The lowest BCUT2D eigenvalue weighted by Crippen LogP contribution is -2.46. The van der Waals surface area contributed by atoms with Crippen LogP contribution in [0.25, 0.3) is 0 Å². The molecule has 12 heavy (non-hydrogen) atoms. The molecule has 0 saturated carbocycles. The van der Waals surface area contributed by atoms with Crippen LogP contribution in [0.15, 0.2) is 0 Å². The lowest BCUT2D eigenvalue weighted by Gasteiger charge is -2.30. The molecule has 0 aliphatic heterocycles. The quantitative estimate of drug-likeness (QED) is 0.507.